The molecule has 1 aromatic heterocycles. The number of nitrogens with one attached hydrogen (secondary N) is 1. The Balaban J connectivity index is 1.79. The largest absolute Gasteiger partial charge is 0.497 e. The van der Waals surface area contributed by atoms with Gasteiger partial charge in [0.2, 0.25) is 5.13 Å². The van der Waals surface area contributed by atoms with Gasteiger partial charge in [0.1, 0.15) is 11.6 Å². The maximum absolute atomic E-state index is 13.6. The lowest BCUT2D eigenvalue weighted by Gasteiger charge is -2.02. The third kappa shape index (κ3) is 3.35. The monoisotopic (exact) mass is 329 g/mol. The molecule has 0 atom stereocenters. The Morgan fingerprint density at radius 1 is 1.22 bits per heavy atom. The van der Waals surface area contributed by atoms with Crippen molar-refractivity contribution in [3.63, 3.8) is 0 Å². The van der Waals surface area contributed by atoms with Gasteiger partial charge >= 0.3 is 0 Å². The molecule has 0 saturated heterocycles. The Hall–Kier alpha value is -2.80. The summed E-state index contributed by atoms with van der Waals surface area (Å²) in [5.41, 5.74) is 0.734. The summed E-state index contributed by atoms with van der Waals surface area (Å²) in [6.45, 7) is 0. The Morgan fingerprint density at radius 3 is 2.83 bits per heavy atom. The molecule has 3 aromatic rings. The second-order valence-electron chi connectivity index (χ2n) is 4.59. The first-order valence-electron chi connectivity index (χ1n) is 6.71. The van der Waals surface area contributed by atoms with E-state index < -0.39 is 11.7 Å². The van der Waals surface area contributed by atoms with E-state index in [1.807, 2.05) is 18.2 Å². The molecular formula is C16H12FN3O2S. The van der Waals surface area contributed by atoms with E-state index in [4.69, 9.17) is 4.74 Å². The first-order valence-corrected chi connectivity index (χ1v) is 7.49. The van der Waals surface area contributed by atoms with Crippen LogP contribution in [0.3, 0.4) is 0 Å². The molecule has 1 amide bonds. The number of nitrogens with zero attached hydrogens (tertiary/aromatic N) is 2. The zero-order chi connectivity index (χ0) is 16.2. The van der Waals surface area contributed by atoms with Crippen LogP contribution in [0.15, 0.2) is 48.5 Å². The van der Waals surface area contributed by atoms with E-state index in [0.717, 1.165) is 17.1 Å². The Labute approximate surface area is 135 Å². The Bertz CT molecular complexity index is 851. The van der Waals surface area contributed by atoms with Crippen molar-refractivity contribution in [3.05, 3.63) is 59.9 Å². The molecule has 0 bridgehead atoms. The summed E-state index contributed by atoms with van der Waals surface area (Å²) in [6, 6.07) is 13.0. The van der Waals surface area contributed by atoms with Crippen LogP contribution in [0.25, 0.3) is 11.4 Å². The molecule has 116 valence electrons. The molecule has 0 radical (unpaired) electrons. The van der Waals surface area contributed by atoms with Gasteiger partial charge in [0.15, 0.2) is 5.82 Å². The second-order valence-corrected chi connectivity index (χ2v) is 5.34. The quantitative estimate of drug-likeness (QED) is 0.794. The van der Waals surface area contributed by atoms with E-state index in [-0.39, 0.29) is 5.56 Å². The highest BCUT2D eigenvalue weighted by Crippen LogP contribution is 2.24. The van der Waals surface area contributed by atoms with Crippen molar-refractivity contribution in [2.45, 2.75) is 0 Å². The van der Waals surface area contributed by atoms with Gasteiger partial charge in [0.25, 0.3) is 5.91 Å². The minimum Gasteiger partial charge on any atom is -0.497 e. The summed E-state index contributed by atoms with van der Waals surface area (Å²) in [7, 11) is 1.58. The van der Waals surface area contributed by atoms with Crippen molar-refractivity contribution in [2.24, 2.45) is 0 Å². The van der Waals surface area contributed by atoms with Gasteiger partial charge < -0.3 is 4.74 Å². The van der Waals surface area contributed by atoms with Gasteiger partial charge in [-0.1, -0.05) is 24.3 Å². The highest BCUT2D eigenvalue weighted by Gasteiger charge is 2.14. The minimum absolute atomic E-state index is 0.0365. The van der Waals surface area contributed by atoms with E-state index in [2.05, 4.69) is 14.7 Å². The van der Waals surface area contributed by atoms with Crippen LogP contribution in [0.2, 0.25) is 0 Å². The molecule has 0 spiro atoms. The molecule has 0 unspecified atom stereocenters. The lowest BCUT2D eigenvalue weighted by molar-refractivity contribution is 0.102. The molecule has 0 aliphatic carbocycles. The Morgan fingerprint density at radius 2 is 2.04 bits per heavy atom. The van der Waals surface area contributed by atoms with Crippen molar-refractivity contribution < 1.29 is 13.9 Å². The molecule has 2 aromatic carbocycles. The minimum atomic E-state index is -0.581. The van der Waals surface area contributed by atoms with Crippen molar-refractivity contribution in [2.75, 3.05) is 12.4 Å². The molecule has 0 fully saturated rings. The summed E-state index contributed by atoms with van der Waals surface area (Å²) in [5.74, 6) is 0.0194. The standard InChI is InChI=1S/C16H12FN3O2S/c1-22-11-6-4-5-10(9-11)14-18-16(23-20-14)19-15(21)12-7-2-3-8-13(12)17/h2-9H,1H3,(H,18,19,20,21). The topological polar surface area (TPSA) is 64.1 Å². The maximum Gasteiger partial charge on any atom is 0.260 e. The molecule has 1 N–H and O–H groups in total. The fourth-order valence-electron chi connectivity index (χ4n) is 1.96. The number of benzene rings is 2. The summed E-state index contributed by atoms with van der Waals surface area (Å²) >= 11 is 1.03. The van der Waals surface area contributed by atoms with Crippen LogP contribution in [0.4, 0.5) is 9.52 Å². The number of amides is 1. The molecule has 5 nitrogen and oxygen atoms in total. The average molecular weight is 329 g/mol. The van der Waals surface area contributed by atoms with Gasteiger partial charge in [0, 0.05) is 17.1 Å². The van der Waals surface area contributed by atoms with Gasteiger partial charge in [-0.3, -0.25) is 10.1 Å². The zero-order valence-corrected chi connectivity index (χ0v) is 12.9. The third-order valence-electron chi connectivity index (χ3n) is 3.09. The van der Waals surface area contributed by atoms with Crippen LogP contribution >= 0.6 is 11.5 Å². The van der Waals surface area contributed by atoms with E-state index in [1.165, 1.54) is 18.2 Å². The van der Waals surface area contributed by atoms with Gasteiger partial charge in [-0.25, -0.2) is 4.39 Å². The number of ether oxygens (including phenoxy) is 1. The molecular weight excluding hydrogens is 317 g/mol. The van der Waals surface area contributed by atoms with Crippen molar-refractivity contribution in [1.82, 2.24) is 9.36 Å². The van der Waals surface area contributed by atoms with Crippen molar-refractivity contribution in [3.8, 4) is 17.1 Å². The molecule has 3 rings (SSSR count). The number of anilines is 1. The number of hydrogen-bond acceptors (Lipinski definition) is 5. The highest BCUT2D eigenvalue weighted by molar-refractivity contribution is 7.10. The van der Waals surface area contributed by atoms with Crippen LogP contribution in [0.5, 0.6) is 5.75 Å². The predicted molar refractivity (Wildman–Crippen MR) is 86.3 cm³/mol. The lowest BCUT2D eigenvalue weighted by atomic mass is 10.2. The second kappa shape index (κ2) is 6.53. The smallest absolute Gasteiger partial charge is 0.260 e. The normalized spacial score (nSPS) is 10.3. The number of halogens is 1. The third-order valence-corrected chi connectivity index (χ3v) is 3.72. The lowest BCUT2D eigenvalue weighted by Crippen LogP contribution is -2.13. The fraction of sp³-hybridized carbons (Fsp3) is 0.0625. The molecule has 7 heteroatoms. The number of hydrogen-bond donors (Lipinski definition) is 1. The maximum atomic E-state index is 13.6. The predicted octanol–water partition coefficient (Wildman–Crippen LogP) is 3.61. The van der Waals surface area contributed by atoms with E-state index >= 15 is 0 Å². The van der Waals surface area contributed by atoms with Crippen LogP contribution in [-0.2, 0) is 0 Å². The first-order chi connectivity index (χ1) is 11.2. The van der Waals surface area contributed by atoms with E-state index in [0.29, 0.717) is 16.7 Å². The van der Waals surface area contributed by atoms with Crippen LogP contribution in [0.1, 0.15) is 10.4 Å². The van der Waals surface area contributed by atoms with Gasteiger partial charge in [-0.2, -0.15) is 9.36 Å². The summed E-state index contributed by atoms with van der Waals surface area (Å²) in [4.78, 5) is 16.3. The van der Waals surface area contributed by atoms with Crippen LogP contribution in [0, 0.1) is 5.82 Å². The number of methoxy groups -OCH3 is 1. The SMILES string of the molecule is COc1cccc(-c2nsc(NC(=O)c3ccccc3F)n2)c1. The molecule has 1 heterocycles. The number of carbonyl (C=O) groups is 1. The number of aromatic nitrogens is 2. The van der Waals surface area contributed by atoms with Crippen molar-refractivity contribution in [1.29, 1.82) is 0 Å². The van der Waals surface area contributed by atoms with Crippen LogP contribution < -0.4 is 10.1 Å². The van der Waals surface area contributed by atoms with Gasteiger partial charge in [0.05, 0.1) is 12.7 Å². The molecule has 0 aliphatic heterocycles. The first kappa shape index (κ1) is 15.1. The zero-order valence-electron chi connectivity index (χ0n) is 12.1. The van der Waals surface area contributed by atoms with Gasteiger partial charge in [-0.05, 0) is 24.3 Å². The summed E-state index contributed by atoms with van der Waals surface area (Å²) < 4.78 is 22.9. The number of carbonyl (C=O) groups excluding carboxylic acids is 1. The van der Waals surface area contributed by atoms with E-state index in [1.54, 1.807) is 19.2 Å². The fourth-order valence-corrected chi connectivity index (χ4v) is 2.55. The Kier molecular flexibility index (Phi) is 4.29. The molecule has 0 saturated carbocycles. The number of rotatable bonds is 4. The summed E-state index contributed by atoms with van der Waals surface area (Å²) in [5, 5.41) is 2.85. The summed E-state index contributed by atoms with van der Waals surface area (Å²) in [6.07, 6.45) is 0. The van der Waals surface area contributed by atoms with Crippen LogP contribution in [-0.4, -0.2) is 22.4 Å². The molecule has 23 heavy (non-hydrogen) atoms. The van der Waals surface area contributed by atoms with Gasteiger partial charge in [-0.15, -0.1) is 0 Å². The molecule has 0 aliphatic rings. The average Bonchev–Trinajstić information content (AvgIpc) is 3.03. The highest BCUT2D eigenvalue weighted by atomic mass is 32.1. The van der Waals surface area contributed by atoms with E-state index in [9.17, 15) is 9.18 Å². The van der Waals surface area contributed by atoms with Crippen molar-refractivity contribution >= 4 is 22.6 Å².